The van der Waals surface area contributed by atoms with Gasteiger partial charge in [0, 0.05) is 18.6 Å². The highest BCUT2D eigenvalue weighted by Crippen LogP contribution is 2.29. The van der Waals surface area contributed by atoms with E-state index in [1.54, 1.807) is 0 Å². The number of hydrogen-bond acceptors (Lipinski definition) is 2. The van der Waals surface area contributed by atoms with Gasteiger partial charge in [-0.25, -0.2) is 0 Å². The molecule has 2 aliphatic heterocycles. The SMILES string of the molecule is CCCC1(CN2CCC(C)C(C)C2)CCCN1. The predicted octanol–water partition coefficient (Wildman–Crippen LogP) is 2.89. The lowest BCUT2D eigenvalue weighted by Gasteiger charge is -2.41. The van der Waals surface area contributed by atoms with Crippen LogP contribution in [0.2, 0.25) is 0 Å². The molecule has 0 saturated carbocycles. The Morgan fingerprint density at radius 2 is 2.12 bits per heavy atom. The van der Waals surface area contributed by atoms with Crippen LogP contribution in [0, 0.1) is 11.8 Å². The fourth-order valence-electron chi connectivity index (χ4n) is 3.70. The molecule has 0 aromatic heterocycles. The smallest absolute Gasteiger partial charge is 0.0309 e. The van der Waals surface area contributed by atoms with Crippen LogP contribution in [-0.2, 0) is 0 Å². The van der Waals surface area contributed by atoms with E-state index in [9.17, 15) is 0 Å². The molecule has 2 heteroatoms. The maximum atomic E-state index is 3.80. The van der Waals surface area contributed by atoms with Crippen LogP contribution < -0.4 is 5.32 Å². The highest BCUT2D eigenvalue weighted by atomic mass is 15.2. The van der Waals surface area contributed by atoms with Crippen LogP contribution in [0.15, 0.2) is 0 Å². The molecule has 2 rings (SSSR count). The van der Waals surface area contributed by atoms with Crippen LogP contribution in [0.25, 0.3) is 0 Å². The van der Waals surface area contributed by atoms with Gasteiger partial charge in [-0.2, -0.15) is 0 Å². The lowest BCUT2D eigenvalue weighted by molar-refractivity contribution is 0.102. The summed E-state index contributed by atoms with van der Waals surface area (Å²) < 4.78 is 0. The van der Waals surface area contributed by atoms with E-state index in [4.69, 9.17) is 0 Å². The van der Waals surface area contributed by atoms with E-state index in [0.717, 1.165) is 11.8 Å². The molecule has 0 spiro atoms. The molecule has 2 fully saturated rings. The van der Waals surface area contributed by atoms with Crippen molar-refractivity contribution in [2.24, 2.45) is 11.8 Å². The van der Waals surface area contributed by atoms with E-state index in [-0.39, 0.29) is 0 Å². The second kappa shape index (κ2) is 5.71. The first-order chi connectivity index (χ1) is 8.15. The van der Waals surface area contributed by atoms with Gasteiger partial charge in [0.1, 0.15) is 0 Å². The average molecular weight is 238 g/mol. The third kappa shape index (κ3) is 3.23. The number of nitrogens with zero attached hydrogens (tertiary/aromatic N) is 1. The van der Waals surface area contributed by atoms with Gasteiger partial charge in [-0.15, -0.1) is 0 Å². The van der Waals surface area contributed by atoms with Crippen molar-refractivity contribution in [3.63, 3.8) is 0 Å². The van der Waals surface area contributed by atoms with Crippen LogP contribution in [0.4, 0.5) is 0 Å². The molecule has 0 aromatic carbocycles. The van der Waals surface area contributed by atoms with Gasteiger partial charge >= 0.3 is 0 Å². The molecule has 0 bridgehead atoms. The summed E-state index contributed by atoms with van der Waals surface area (Å²) in [6, 6.07) is 0. The number of rotatable bonds is 4. The molecule has 0 radical (unpaired) electrons. The third-order valence-electron chi connectivity index (χ3n) is 5.01. The molecule has 0 aliphatic carbocycles. The van der Waals surface area contributed by atoms with Crippen molar-refractivity contribution >= 4 is 0 Å². The number of hydrogen-bond donors (Lipinski definition) is 1. The van der Waals surface area contributed by atoms with Gasteiger partial charge in [0.05, 0.1) is 0 Å². The highest BCUT2D eigenvalue weighted by Gasteiger charge is 2.35. The summed E-state index contributed by atoms with van der Waals surface area (Å²) in [7, 11) is 0. The molecule has 2 aliphatic rings. The van der Waals surface area contributed by atoms with Gasteiger partial charge in [-0.1, -0.05) is 27.2 Å². The molecular formula is C15H30N2. The fourth-order valence-corrected chi connectivity index (χ4v) is 3.70. The fraction of sp³-hybridized carbons (Fsp3) is 1.00. The van der Waals surface area contributed by atoms with Gasteiger partial charge in [0.25, 0.3) is 0 Å². The summed E-state index contributed by atoms with van der Waals surface area (Å²) in [5, 5.41) is 3.80. The maximum absolute atomic E-state index is 3.80. The third-order valence-corrected chi connectivity index (χ3v) is 5.01. The normalized spacial score (nSPS) is 39.7. The topological polar surface area (TPSA) is 15.3 Å². The first-order valence-electron chi connectivity index (χ1n) is 7.62. The molecule has 2 saturated heterocycles. The van der Waals surface area contributed by atoms with Crippen molar-refractivity contribution < 1.29 is 0 Å². The largest absolute Gasteiger partial charge is 0.310 e. The van der Waals surface area contributed by atoms with Gasteiger partial charge < -0.3 is 10.2 Å². The Morgan fingerprint density at radius 3 is 2.71 bits per heavy atom. The number of nitrogens with one attached hydrogen (secondary N) is 1. The van der Waals surface area contributed by atoms with Crippen molar-refractivity contribution in [1.29, 1.82) is 0 Å². The van der Waals surface area contributed by atoms with Crippen molar-refractivity contribution in [1.82, 2.24) is 10.2 Å². The van der Waals surface area contributed by atoms with E-state index in [0.29, 0.717) is 5.54 Å². The predicted molar refractivity (Wildman–Crippen MR) is 74.3 cm³/mol. The Hall–Kier alpha value is -0.0800. The Balaban J connectivity index is 1.90. The summed E-state index contributed by atoms with van der Waals surface area (Å²) in [6.45, 7) is 12.3. The Bertz CT molecular complexity index is 233. The lowest BCUT2D eigenvalue weighted by Crippen LogP contribution is -2.52. The molecule has 0 aromatic rings. The maximum Gasteiger partial charge on any atom is 0.0309 e. The monoisotopic (exact) mass is 238 g/mol. The molecule has 3 unspecified atom stereocenters. The number of likely N-dealkylation sites (tertiary alicyclic amines) is 1. The standard InChI is InChI=1S/C15H30N2/c1-4-7-15(8-5-9-16-15)12-17-10-6-13(2)14(3)11-17/h13-14,16H,4-12H2,1-3H3. The average Bonchev–Trinajstić information content (AvgIpc) is 2.73. The van der Waals surface area contributed by atoms with Crippen LogP contribution in [0.3, 0.4) is 0 Å². The first kappa shape index (κ1) is 13.4. The molecule has 1 N–H and O–H groups in total. The lowest BCUT2D eigenvalue weighted by atomic mass is 9.86. The zero-order valence-electron chi connectivity index (χ0n) is 12.0. The molecule has 100 valence electrons. The van der Waals surface area contributed by atoms with Crippen molar-refractivity contribution in [2.75, 3.05) is 26.2 Å². The van der Waals surface area contributed by atoms with Crippen molar-refractivity contribution in [3.8, 4) is 0 Å². The van der Waals surface area contributed by atoms with E-state index in [1.165, 1.54) is 58.3 Å². The molecule has 2 nitrogen and oxygen atoms in total. The van der Waals surface area contributed by atoms with Gasteiger partial charge in [0.15, 0.2) is 0 Å². The molecule has 17 heavy (non-hydrogen) atoms. The van der Waals surface area contributed by atoms with Crippen LogP contribution in [-0.4, -0.2) is 36.6 Å². The Kier molecular flexibility index (Phi) is 4.48. The highest BCUT2D eigenvalue weighted by molar-refractivity contribution is 4.96. The van der Waals surface area contributed by atoms with E-state index < -0.39 is 0 Å². The molecule has 0 amide bonds. The van der Waals surface area contributed by atoms with Crippen molar-refractivity contribution in [2.45, 2.75) is 58.4 Å². The van der Waals surface area contributed by atoms with E-state index >= 15 is 0 Å². The molecular weight excluding hydrogens is 208 g/mol. The Morgan fingerprint density at radius 1 is 1.29 bits per heavy atom. The van der Waals surface area contributed by atoms with E-state index in [1.807, 2.05) is 0 Å². The minimum Gasteiger partial charge on any atom is -0.310 e. The second-order valence-electron chi connectivity index (χ2n) is 6.54. The van der Waals surface area contributed by atoms with Crippen LogP contribution >= 0.6 is 0 Å². The van der Waals surface area contributed by atoms with Gasteiger partial charge in [-0.05, 0) is 50.6 Å². The summed E-state index contributed by atoms with van der Waals surface area (Å²) in [5.74, 6) is 1.80. The van der Waals surface area contributed by atoms with Crippen LogP contribution in [0.1, 0.15) is 52.9 Å². The van der Waals surface area contributed by atoms with Gasteiger partial charge in [0.2, 0.25) is 0 Å². The quantitative estimate of drug-likeness (QED) is 0.810. The first-order valence-corrected chi connectivity index (χ1v) is 7.62. The molecule has 3 atom stereocenters. The summed E-state index contributed by atoms with van der Waals surface area (Å²) in [4.78, 5) is 2.72. The zero-order chi connectivity index (χ0) is 12.3. The summed E-state index contributed by atoms with van der Waals surface area (Å²) >= 11 is 0. The van der Waals surface area contributed by atoms with Crippen LogP contribution in [0.5, 0.6) is 0 Å². The number of piperidine rings is 1. The molecule has 2 heterocycles. The van der Waals surface area contributed by atoms with Gasteiger partial charge in [-0.3, -0.25) is 0 Å². The summed E-state index contributed by atoms with van der Waals surface area (Å²) in [5.41, 5.74) is 0.453. The van der Waals surface area contributed by atoms with Crippen molar-refractivity contribution in [3.05, 3.63) is 0 Å². The zero-order valence-corrected chi connectivity index (χ0v) is 12.0. The summed E-state index contributed by atoms with van der Waals surface area (Å²) in [6.07, 6.45) is 6.82. The second-order valence-corrected chi connectivity index (χ2v) is 6.54. The minimum absolute atomic E-state index is 0.453. The Labute approximate surface area is 107 Å². The minimum atomic E-state index is 0.453. The van der Waals surface area contributed by atoms with E-state index in [2.05, 4.69) is 31.0 Å².